The molecule has 2 N–H and O–H groups in total. The molecule has 0 aliphatic heterocycles. The van der Waals surface area contributed by atoms with Gasteiger partial charge in [0.25, 0.3) is 11.5 Å². The molecule has 0 fully saturated rings. The maximum Gasteiger partial charge on any atom is 0.261 e. The van der Waals surface area contributed by atoms with E-state index in [0.717, 1.165) is 5.56 Å². The lowest BCUT2D eigenvalue weighted by Gasteiger charge is -2.06. The molecule has 5 heteroatoms. The molecule has 2 rings (SSSR count). The second-order valence-electron chi connectivity index (χ2n) is 4.15. The molecule has 0 radical (unpaired) electrons. The van der Waals surface area contributed by atoms with Crippen LogP contribution in [0.25, 0.3) is 0 Å². The minimum Gasteiger partial charge on any atom is -0.348 e. The fourth-order valence-electron chi connectivity index (χ4n) is 1.64. The molecule has 19 heavy (non-hydrogen) atoms. The van der Waals surface area contributed by atoms with Crippen LogP contribution in [0.1, 0.15) is 21.6 Å². The summed E-state index contributed by atoms with van der Waals surface area (Å²) in [6, 6.07) is 10.8. The first-order valence-corrected chi connectivity index (χ1v) is 6.17. The van der Waals surface area contributed by atoms with Crippen LogP contribution in [0.2, 0.25) is 5.02 Å². The van der Waals surface area contributed by atoms with Gasteiger partial charge in [-0.3, -0.25) is 9.59 Å². The first-order chi connectivity index (χ1) is 9.08. The molecule has 0 aliphatic carbocycles. The number of carbonyl (C=O) groups is 1. The van der Waals surface area contributed by atoms with Gasteiger partial charge < -0.3 is 10.3 Å². The Morgan fingerprint density at radius 3 is 2.68 bits per heavy atom. The van der Waals surface area contributed by atoms with Gasteiger partial charge in [-0.05, 0) is 18.6 Å². The Kier molecular flexibility index (Phi) is 4.02. The fourth-order valence-corrected chi connectivity index (χ4v) is 1.80. The summed E-state index contributed by atoms with van der Waals surface area (Å²) in [6.07, 6.45) is 0. The van der Waals surface area contributed by atoms with Crippen LogP contribution in [0.3, 0.4) is 0 Å². The van der Waals surface area contributed by atoms with Gasteiger partial charge in [0.1, 0.15) is 5.56 Å². The van der Waals surface area contributed by atoms with E-state index in [1.807, 2.05) is 30.3 Å². The van der Waals surface area contributed by atoms with E-state index in [1.54, 1.807) is 6.92 Å². The van der Waals surface area contributed by atoms with Gasteiger partial charge in [0, 0.05) is 12.2 Å². The van der Waals surface area contributed by atoms with Crippen molar-refractivity contribution in [3.63, 3.8) is 0 Å². The van der Waals surface area contributed by atoms with E-state index in [4.69, 9.17) is 11.6 Å². The topological polar surface area (TPSA) is 62.0 Å². The molecule has 98 valence electrons. The summed E-state index contributed by atoms with van der Waals surface area (Å²) in [5.74, 6) is -0.438. The second kappa shape index (κ2) is 5.71. The largest absolute Gasteiger partial charge is 0.348 e. The quantitative estimate of drug-likeness (QED) is 0.903. The number of H-pyrrole nitrogens is 1. The van der Waals surface area contributed by atoms with Gasteiger partial charge in [0.15, 0.2) is 0 Å². The molecule has 1 aromatic heterocycles. The average molecular weight is 277 g/mol. The van der Waals surface area contributed by atoms with Crippen molar-refractivity contribution in [2.45, 2.75) is 13.5 Å². The number of halogens is 1. The van der Waals surface area contributed by atoms with E-state index in [1.165, 1.54) is 6.07 Å². The number of carbonyl (C=O) groups excluding carboxylic acids is 1. The predicted molar refractivity (Wildman–Crippen MR) is 74.4 cm³/mol. The molecule has 0 saturated carbocycles. The third kappa shape index (κ3) is 3.23. The molecule has 0 spiro atoms. The van der Waals surface area contributed by atoms with Crippen molar-refractivity contribution < 1.29 is 4.79 Å². The highest BCUT2D eigenvalue weighted by Gasteiger charge is 2.12. The SMILES string of the molecule is Cc1[nH]c(=O)c(C(=O)NCc2ccccc2)cc1Cl. The maximum atomic E-state index is 11.9. The smallest absolute Gasteiger partial charge is 0.261 e. The monoisotopic (exact) mass is 276 g/mol. The highest BCUT2D eigenvalue weighted by Crippen LogP contribution is 2.11. The van der Waals surface area contributed by atoms with Gasteiger partial charge in [-0.15, -0.1) is 0 Å². The van der Waals surface area contributed by atoms with Crippen LogP contribution < -0.4 is 10.9 Å². The third-order valence-corrected chi connectivity index (χ3v) is 3.11. The molecule has 1 amide bonds. The number of aromatic amines is 1. The minimum atomic E-state index is -0.438. The van der Waals surface area contributed by atoms with Gasteiger partial charge in [-0.25, -0.2) is 0 Å². The number of amides is 1. The number of hydrogen-bond donors (Lipinski definition) is 2. The lowest BCUT2D eigenvalue weighted by Crippen LogP contribution is -2.29. The van der Waals surface area contributed by atoms with Gasteiger partial charge in [-0.1, -0.05) is 41.9 Å². The highest BCUT2D eigenvalue weighted by atomic mass is 35.5. The molecule has 2 aromatic rings. The molecule has 1 aromatic carbocycles. The normalized spacial score (nSPS) is 10.2. The number of aryl methyl sites for hydroxylation is 1. The van der Waals surface area contributed by atoms with Crippen LogP contribution >= 0.6 is 11.6 Å². The van der Waals surface area contributed by atoms with E-state index in [9.17, 15) is 9.59 Å². The lowest BCUT2D eigenvalue weighted by molar-refractivity contribution is 0.0949. The predicted octanol–water partition coefficient (Wildman–Crippen LogP) is 2.27. The van der Waals surface area contributed by atoms with Crippen LogP contribution in [0.4, 0.5) is 0 Å². The molecular formula is C14H13ClN2O2. The van der Waals surface area contributed by atoms with Crippen molar-refractivity contribution in [2.24, 2.45) is 0 Å². The molecule has 0 saturated heterocycles. The average Bonchev–Trinajstić information content (AvgIpc) is 2.41. The molecule has 4 nitrogen and oxygen atoms in total. The Labute approximate surface area is 115 Å². The summed E-state index contributed by atoms with van der Waals surface area (Å²) >= 11 is 5.90. The minimum absolute atomic E-state index is 0.0199. The van der Waals surface area contributed by atoms with E-state index >= 15 is 0 Å². The number of hydrogen-bond acceptors (Lipinski definition) is 2. The zero-order chi connectivity index (χ0) is 13.8. The summed E-state index contributed by atoms with van der Waals surface area (Å²) in [5, 5.41) is 3.05. The van der Waals surface area contributed by atoms with Crippen molar-refractivity contribution >= 4 is 17.5 Å². The number of rotatable bonds is 3. The zero-order valence-electron chi connectivity index (χ0n) is 10.4. The van der Waals surface area contributed by atoms with Gasteiger partial charge in [0.05, 0.1) is 5.02 Å². The number of pyridine rings is 1. The van der Waals surface area contributed by atoms with Crippen molar-refractivity contribution in [3.05, 3.63) is 68.6 Å². The lowest BCUT2D eigenvalue weighted by atomic mass is 10.2. The zero-order valence-corrected chi connectivity index (χ0v) is 11.1. The van der Waals surface area contributed by atoms with Crippen LogP contribution in [0.15, 0.2) is 41.2 Å². The molecule has 0 aliphatic rings. The summed E-state index contributed by atoms with van der Waals surface area (Å²) < 4.78 is 0. The Hall–Kier alpha value is -2.07. The standard InChI is InChI=1S/C14H13ClN2O2/c1-9-12(15)7-11(14(19)17-9)13(18)16-8-10-5-3-2-4-6-10/h2-7H,8H2,1H3,(H,16,18)(H,17,19). The number of aromatic nitrogens is 1. The van der Waals surface area contributed by atoms with Crippen molar-refractivity contribution in [1.82, 2.24) is 10.3 Å². The summed E-state index contributed by atoms with van der Waals surface area (Å²) in [4.78, 5) is 26.1. The van der Waals surface area contributed by atoms with Crippen LogP contribution in [0, 0.1) is 6.92 Å². The van der Waals surface area contributed by atoms with E-state index in [0.29, 0.717) is 17.3 Å². The van der Waals surface area contributed by atoms with Gasteiger partial charge in [0.2, 0.25) is 0 Å². The molecule has 0 atom stereocenters. The first-order valence-electron chi connectivity index (χ1n) is 5.79. The Bertz CT molecular complexity index is 650. The molecule has 0 unspecified atom stereocenters. The van der Waals surface area contributed by atoms with Gasteiger partial charge >= 0.3 is 0 Å². The first kappa shape index (κ1) is 13.4. The van der Waals surface area contributed by atoms with Crippen LogP contribution in [-0.2, 0) is 6.54 Å². The third-order valence-electron chi connectivity index (χ3n) is 2.72. The van der Waals surface area contributed by atoms with E-state index < -0.39 is 11.5 Å². The van der Waals surface area contributed by atoms with Crippen molar-refractivity contribution in [1.29, 1.82) is 0 Å². The molecule has 0 bridgehead atoms. The van der Waals surface area contributed by atoms with Crippen LogP contribution in [0.5, 0.6) is 0 Å². The molecule has 1 heterocycles. The highest BCUT2D eigenvalue weighted by molar-refractivity contribution is 6.31. The van der Waals surface area contributed by atoms with E-state index in [2.05, 4.69) is 10.3 Å². The Morgan fingerprint density at radius 2 is 2.00 bits per heavy atom. The van der Waals surface area contributed by atoms with E-state index in [-0.39, 0.29) is 5.56 Å². The number of nitrogens with one attached hydrogen (secondary N) is 2. The summed E-state index contributed by atoms with van der Waals surface area (Å²) in [5.41, 5.74) is 1.09. The van der Waals surface area contributed by atoms with Gasteiger partial charge in [-0.2, -0.15) is 0 Å². The van der Waals surface area contributed by atoms with Crippen molar-refractivity contribution in [2.75, 3.05) is 0 Å². The summed E-state index contributed by atoms with van der Waals surface area (Å²) in [6.45, 7) is 2.04. The van der Waals surface area contributed by atoms with Crippen LogP contribution in [-0.4, -0.2) is 10.9 Å². The summed E-state index contributed by atoms with van der Waals surface area (Å²) in [7, 11) is 0. The second-order valence-corrected chi connectivity index (χ2v) is 4.56. The number of benzene rings is 1. The van der Waals surface area contributed by atoms with Crippen molar-refractivity contribution in [3.8, 4) is 0 Å². The fraction of sp³-hybridized carbons (Fsp3) is 0.143. The Balaban J connectivity index is 2.13. The Morgan fingerprint density at radius 1 is 1.32 bits per heavy atom. The molecular weight excluding hydrogens is 264 g/mol. The maximum absolute atomic E-state index is 11.9.